The van der Waals surface area contributed by atoms with E-state index in [1.54, 1.807) is 24.7 Å². The summed E-state index contributed by atoms with van der Waals surface area (Å²) in [5, 5.41) is 13.0. The summed E-state index contributed by atoms with van der Waals surface area (Å²) in [5.74, 6) is 0.562. The van der Waals surface area contributed by atoms with Crippen LogP contribution in [-0.2, 0) is 6.54 Å². The Balaban J connectivity index is 1.56. The van der Waals surface area contributed by atoms with Crippen LogP contribution in [-0.4, -0.2) is 19.9 Å². The van der Waals surface area contributed by atoms with Gasteiger partial charge in [0.2, 0.25) is 5.95 Å². The molecule has 0 saturated heterocycles. The molecule has 0 aliphatic heterocycles. The van der Waals surface area contributed by atoms with Crippen molar-refractivity contribution in [3.63, 3.8) is 0 Å². The zero-order chi connectivity index (χ0) is 15.6. The quantitative estimate of drug-likeness (QED) is 0.607. The molecule has 0 atom stereocenters. The fourth-order valence-electron chi connectivity index (χ4n) is 2.46. The number of aromatic amines is 1. The molecule has 4 rings (SSSR count). The molecule has 0 bridgehead atoms. The highest BCUT2D eigenvalue weighted by atomic mass is 15.1. The number of aromatic nitrogens is 4. The maximum Gasteiger partial charge on any atom is 0.223 e. The lowest BCUT2D eigenvalue weighted by Crippen LogP contribution is -2.03. The van der Waals surface area contributed by atoms with Crippen LogP contribution in [0.15, 0.2) is 48.9 Å². The van der Waals surface area contributed by atoms with Gasteiger partial charge in [0.25, 0.3) is 0 Å². The number of fused-ring (bicyclic) bond motifs is 2. The molecular formula is C17H12N6. The zero-order valence-electron chi connectivity index (χ0n) is 12.1. The Morgan fingerprint density at radius 1 is 1.09 bits per heavy atom. The topological polar surface area (TPSA) is 90.3 Å². The lowest BCUT2D eigenvalue weighted by molar-refractivity contribution is 1.07. The number of benzene rings is 2. The molecule has 0 radical (unpaired) electrons. The van der Waals surface area contributed by atoms with Crippen molar-refractivity contribution in [1.82, 2.24) is 19.9 Å². The Bertz CT molecular complexity index is 1040. The third-order valence-electron chi connectivity index (χ3n) is 3.64. The Labute approximate surface area is 131 Å². The smallest absolute Gasteiger partial charge is 0.223 e. The van der Waals surface area contributed by atoms with E-state index in [1.807, 2.05) is 18.2 Å². The molecule has 0 spiro atoms. The van der Waals surface area contributed by atoms with Gasteiger partial charge in [-0.15, -0.1) is 0 Å². The van der Waals surface area contributed by atoms with Gasteiger partial charge in [0.05, 0.1) is 34.5 Å². The second-order valence-corrected chi connectivity index (χ2v) is 5.19. The molecule has 0 aliphatic carbocycles. The maximum atomic E-state index is 8.91. The number of imidazole rings is 1. The molecule has 110 valence electrons. The largest absolute Gasteiger partial charge is 0.350 e. The monoisotopic (exact) mass is 300 g/mol. The van der Waals surface area contributed by atoms with Gasteiger partial charge >= 0.3 is 0 Å². The molecule has 2 heterocycles. The summed E-state index contributed by atoms with van der Waals surface area (Å²) < 4.78 is 0. The van der Waals surface area contributed by atoms with Crippen molar-refractivity contribution in [3.8, 4) is 6.07 Å². The van der Waals surface area contributed by atoms with E-state index < -0.39 is 0 Å². The van der Waals surface area contributed by atoms with E-state index in [9.17, 15) is 0 Å². The summed E-state index contributed by atoms with van der Waals surface area (Å²) in [7, 11) is 0. The van der Waals surface area contributed by atoms with Crippen molar-refractivity contribution in [3.05, 3.63) is 60.0 Å². The summed E-state index contributed by atoms with van der Waals surface area (Å²) >= 11 is 0. The molecule has 6 nitrogen and oxygen atoms in total. The number of nitrogens with one attached hydrogen (secondary N) is 2. The molecule has 6 heteroatoms. The van der Waals surface area contributed by atoms with Gasteiger partial charge in [0, 0.05) is 18.1 Å². The van der Waals surface area contributed by atoms with E-state index in [1.165, 1.54) is 0 Å². The zero-order valence-corrected chi connectivity index (χ0v) is 12.1. The number of anilines is 1. The molecule has 0 saturated carbocycles. The van der Waals surface area contributed by atoms with Crippen molar-refractivity contribution < 1.29 is 0 Å². The summed E-state index contributed by atoms with van der Waals surface area (Å²) in [6.45, 7) is 0.622. The lowest BCUT2D eigenvalue weighted by atomic mass is 10.2. The van der Waals surface area contributed by atoms with E-state index in [4.69, 9.17) is 5.26 Å². The van der Waals surface area contributed by atoms with E-state index in [2.05, 4.69) is 37.4 Å². The summed E-state index contributed by atoms with van der Waals surface area (Å²) in [5.41, 5.74) is 4.49. The number of H-pyrrole nitrogens is 1. The Hall–Kier alpha value is -3.46. The molecule has 2 aromatic heterocycles. The van der Waals surface area contributed by atoms with Crippen molar-refractivity contribution in [2.24, 2.45) is 0 Å². The molecule has 0 fully saturated rings. The van der Waals surface area contributed by atoms with E-state index in [0.29, 0.717) is 18.1 Å². The van der Waals surface area contributed by atoms with Gasteiger partial charge in [-0.25, -0.2) is 15.0 Å². The van der Waals surface area contributed by atoms with Crippen LogP contribution in [0.25, 0.3) is 21.9 Å². The summed E-state index contributed by atoms with van der Waals surface area (Å²) in [6, 6.07) is 13.5. The van der Waals surface area contributed by atoms with Gasteiger partial charge in [-0.3, -0.25) is 0 Å². The summed E-state index contributed by atoms with van der Waals surface area (Å²) in [4.78, 5) is 16.1. The summed E-state index contributed by atoms with van der Waals surface area (Å²) in [6.07, 6.45) is 3.41. The second-order valence-electron chi connectivity index (χ2n) is 5.19. The van der Waals surface area contributed by atoms with Crippen LogP contribution < -0.4 is 5.32 Å². The molecule has 23 heavy (non-hydrogen) atoms. The van der Waals surface area contributed by atoms with Gasteiger partial charge < -0.3 is 10.3 Å². The molecular weight excluding hydrogens is 288 g/mol. The van der Waals surface area contributed by atoms with Crippen LogP contribution >= 0.6 is 0 Å². The fourth-order valence-corrected chi connectivity index (χ4v) is 2.46. The highest BCUT2D eigenvalue weighted by Gasteiger charge is 2.03. The molecule has 0 unspecified atom stereocenters. The highest BCUT2D eigenvalue weighted by Crippen LogP contribution is 2.16. The Kier molecular flexibility index (Phi) is 3.10. The van der Waals surface area contributed by atoms with E-state index in [0.717, 1.165) is 27.5 Å². The third kappa shape index (κ3) is 2.56. The normalized spacial score (nSPS) is 10.7. The van der Waals surface area contributed by atoms with E-state index in [-0.39, 0.29) is 0 Å². The average molecular weight is 300 g/mol. The van der Waals surface area contributed by atoms with Gasteiger partial charge in [-0.2, -0.15) is 5.26 Å². The molecule has 0 amide bonds. The first kappa shape index (κ1) is 13.2. The fraction of sp³-hybridized carbons (Fsp3) is 0.0588. The van der Waals surface area contributed by atoms with Crippen LogP contribution in [0.2, 0.25) is 0 Å². The second kappa shape index (κ2) is 5.39. The van der Waals surface area contributed by atoms with E-state index >= 15 is 0 Å². The van der Waals surface area contributed by atoms with Crippen molar-refractivity contribution in [1.29, 1.82) is 5.26 Å². The molecule has 4 aromatic rings. The number of rotatable bonds is 3. The predicted molar refractivity (Wildman–Crippen MR) is 87.7 cm³/mol. The van der Waals surface area contributed by atoms with Crippen LogP contribution in [0.1, 0.15) is 11.1 Å². The third-order valence-corrected chi connectivity index (χ3v) is 3.64. The van der Waals surface area contributed by atoms with Gasteiger partial charge in [0.15, 0.2) is 0 Å². The minimum atomic E-state index is 0.562. The SMILES string of the molecule is N#Cc1ccc2nc(NCc3ccc4nc[nH]c4c3)ncc2c1. The number of nitriles is 1. The number of nitrogens with zero attached hydrogens (tertiary/aromatic N) is 4. The van der Waals surface area contributed by atoms with Crippen LogP contribution in [0, 0.1) is 11.3 Å². The molecule has 0 aliphatic rings. The number of hydrogen-bond donors (Lipinski definition) is 2. The van der Waals surface area contributed by atoms with Crippen LogP contribution in [0.3, 0.4) is 0 Å². The Morgan fingerprint density at radius 2 is 2.00 bits per heavy atom. The number of hydrogen-bond acceptors (Lipinski definition) is 5. The average Bonchev–Trinajstić information content (AvgIpc) is 3.07. The highest BCUT2D eigenvalue weighted by molar-refractivity contribution is 5.80. The predicted octanol–water partition coefficient (Wildman–Crippen LogP) is 2.99. The van der Waals surface area contributed by atoms with Crippen molar-refractivity contribution >= 4 is 27.9 Å². The van der Waals surface area contributed by atoms with Crippen molar-refractivity contribution in [2.45, 2.75) is 6.54 Å². The van der Waals surface area contributed by atoms with Crippen LogP contribution in [0.5, 0.6) is 0 Å². The van der Waals surface area contributed by atoms with Gasteiger partial charge in [-0.1, -0.05) is 6.07 Å². The first-order valence-electron chi connectivity index (χ1n) is 7.14. The van der Waals surface area contributed by atoms with Gasteiger partial charge in [-0.05, 0) is 35.9 Å². The van der Waals surface area contributed by atoms with Crippen LogP contribution in [0.4, 0.5) is 5.95 Å². The Morgan fingerprint density at radius 3 is 2.91 bits per heavy atom. The maximum absolute atomic E-state index is 8.91. The van der Waals surface area contributed by atoms with Crippen molar-refractivity contribution in [2.75, 3.05) is 5.32 Å². The van der Waals surface area contributed by atoms with Gasteiger partial charge in [0.1, 0.15) is 0 Å². The lowest BCUT2D eigenvalue weighted by Gasteiger charge is -2.06. The molecule has 2 N–H and O–H groups in total. The first-order chi connectivity index (χ1) is 11.3. The first-order valence-corrected chi connectivity index (χ1v) is 7.14. The minimum Gasteiger partial charge on any atom is -0.350 e. The minimum absolute atomic E-state index is 0.562. The standard InChI is InChI=1S/C17H12N6/c18-7-11-1-3-14-13(5-11)9-20-17(23-14)19-8-12-2-4-15-16(6-12)22-10-21-15/h1-6,9-10H,8H2,(H,21,22)(H,19,20,23). The molecule has 2 aromatic carbocycles.